The Morgan fingerprint density at radius 2 is 0.880 bits per heavy atom. The van der Waals surface area contributed by atoms with Gasteiger partial charge in [0, 0.05) is 19.3 Å². The Hall–Kier alpha value is -2.08. The molecule has 4 heteroatoms. The fourth-order valence-electron chi connectivity index (χ4n) is 9.61. The molecule has 1 aliphatic heterocycles. The fourth-order valence-corrected chi connectivity index (χ4v) is 15.2. The van der Waals surface area contributed by atoms with Gasteiger partial charge in [-0.05, 0) is 153 Å². The first-order valence-electron chi connectivity index (χ1n) is 19.8. The summed E-state index contributed by atoms with van der Waals surface area (Å²) in [5, 5.41) is 0. The van der Waals surface area contributed by atoms with Crippen molar-refractivity contribution in [3.05, 3.63) is 113 Å². The van der Waals surface area contributed by atoms with E-state index >= 15 is 0 Å². The second kappa shape index (κ2) is 19.7. The molecule has 4 aliphatic rings. The molecule has 7 rings (SSSR count). The molecule has 271 valence electrons. The van der Waals surface area contributed by atoms with E-state index in [-0.39, 0.29) is 7.92 Å². The molecule has 3 aromatic rings. The van der Waals surface area contributed by atoms with Gasteiger partial charge >= 0.3 is 58.4 Å². The molecule has 3 aliphatic carbocycles. The molecule has 0 saturated heterocycles. The van der Waals surface area contributed by atoms with E-state index in [4.69, 9.17) is 0 Å². The molecule has 0 atom stereocenters. The van der Waals surface area contributed by atoms with Crippen molar-refractivity contribution in [3.63, 3.8) is 0 Å². The molecule has 3 saturated carbocycles. The van der Waals surface area contributed by atoms with E-state index in [2.05, 4.69) is 125 Å². The average Bonchev–Trinajstić information content (AvgIpc) is 3.59. The summed E-state index contributed by atoms with van der Waals surface area (Å²) in [4.78, 5) is 4.45. The minimum absolute atomic E-state index is 0.0465. The number of anilines is 2. The van der Waals surface area contributed by atoms with E-state index < -0.39 is 0 Å². The third-order valence-corrected chi connectivity index (χ3v) is 16.7. The van der Waals surface area contributed by atoms with Crippen molar-refractivity contribution < 1.29 is 17.9 Å². The van der Waals surface area contributed by atoms with Crippen molar-refractivity contribution in [2.75, 3.05) is 9.80 Å². The molecule has 0 aromatic heterocycles. The van der Waals surface area contributed by atoms with Gasteiger partial charge in [0.25, 0.3) is 0 Å². The van der Waals surface area contributed by atoms with Crippen LogP contribution in [0.5, 0.6) is 0 Å². The summed E-state index contributed by atoms with van der Waals surface area (Å²) in [7, 11) is -0.0465. The van der Waals surface area contributed by atoms with Crippen LogP contribution in [0.2, 0.25) is 0 Å². The van der Waals surface area contributed by atoms with Gasteiger partial charge in [0.1, 0.15) is 0 Å². The van der Waals surface area contributed by atoms with Gasteiger partial charge in [0.2, 0.25) is 0 Å². The zero-order valence-electron chi connectivity index (χ0n) is 32.1. The molecule has 2 nitrogen and oxygen atoms in total. The summed E-state index contributed by atoms with van der Waals surface area (Å²) >= 11 is 2.48. The maximum absolute atomic E-state index is 2.48. The normalized spacial score (nSPS) is 18.8. The van der Waals surface area contributed by atoms with Crippen molar-refractivity contribution in [2.24, 2.45) is 0 Å². The van der Waals surface area contributed by atoms with Crippen LogP contribution >= 0.6 is 7.92 Å². The van der Waals surface area contributed by atoms with E-state index in [1.807, 2.05) is 22.8 Å². The summed E-state index contributed by atoms with van der Waals surface area (Å²) in [5.74, 6) is 0. The molecular formula is C46H65N2PRu+. The van der Waals surface area contributed by atoms with Crippen molar-refractivity contribution in [3.8, 4) is 0 Å². The molecule has 0 bridgehead atoms. The van der Waals surface area contributed by atoms with Crippen LogP contribution in [0.4, 0.5) is 11.4 Å². The minimum atomic E-state index is -0.0465. The van der Waals surface area contributed by atoms with Gasteiger partial charge in [-0.2, -0.15) is 0 Å². The quantitative estimate of drug-likeness (QED) is 0.140. The number of hydrogen-bond acceptors (Lipinski definition) is 2. The molecule has 1 heterocycles. The zero-order chi connectivity index (χ0) is 35.5. The first kappa shape index (κ1) is 39.1. The van der Waals surface area contributed by atoms with Gasteiger partial charge in [0.05, 0.1) is 17.0 Å². The Labute approximate surface area is 317 Å². The Balaban J connectivity index is 0.000000161. The molecule has 3 fully saturated rings. The number of hydrogen-bond donors (Lipinski definition) is 0. The number of aryl methyl sites for hydroxylation is 6. The first-order chi connectivity index (χ1) is 24.2. The predicted octanol–water partition coefficient (Wildman–Crippen LogP) is 13.0. The molecule has 50 heavy (non-hydrogen) atoms. The van der Waals surface area contributed by atoms with Crippen LogP contribution in [0.15, 0.2) is 67.0 Å². The van der Waals surface area contributed by atoms with Gasteiger partial charge in [-0.1, -0.05) is 54.7 Å². The second-order valence-electron chi connectivity index (χ2n) is 15.7. The van der Waals surface area contributed by atoms with Crippen LogP contribution in [0.3, 0.4) is 0 Å². The maximum atomic E-state index is 2.48. The van der Waals surface area contributed by atoms with Crippen molar-refractivity contribution in [2.45, 2.75) is 155 Å². The van der Waals surface area contributed by atoms with Gasteiger partial charge in [-0.25, -0.2) is 0 Å². The monoisotopic (exact) mass is 778 g/mol. The van der Waals surface area contributed by atoms with E-state index in [9.17, 15) is 0 Å². The Bertz CT molecular complexity index is 1370. The molecule has 3 aromatic carbocycles. The predicted molar refractivity (Wildman–Crippen MR) is 220 cm³/mol. The summed E-state index contributed by atoms with van der Waals surface area (Å²) in [6, 6.07) is 19.2. The number of benzene rings is 3. The summed E-state index contributed by atoms with van der Waals surface area (Å²) in [5.41, 5.74) is 15.3. The number of rotatable bonds is 6. The fraction of sp³-hybridized carbons (Fsp3) is 0.522. The summed E-state index contributed by atoms with van der Waals surface area (Å²) in [6.07, 6.45) is 28.1. The van der Waals surface area contributed by atoms with E-state index in [1.165, 1.54) is 67.3 Å². The van der Waals surface area contributed by atoms with Crippen molar-refractivity contribution in [1.29, 1.82) is 0 Å². The van der Waals surface area contributed by atoms with E-state index in [0.29, 0.717) is 0 Å². The van der Waals surface area contributed by atoms with Crippen LogP contribution < -0.4 is 9.80 Å². The Morgan fingerprint density at radius 3 is 1.18 bits per heavy atom. The third kappa shape index (κ3) is 10.7. The standard InChI is InChI=1S/C21H25N2.C18H33P.C7H6.Ru/c1-14-9-16(3)20(17(4)10-14)22-7-8-23(13-22)21-18(5)11-15(2)12-19(21)6;1-4-10-16(11-5-1)19(17-12-6-2-7-13-17)18-14-8-3-9-15-18;1-7-5-3-2-4-6-7;/h7-13H,1-6H3;16-18H,1-15H2;1-6H;/q-1;;;+1/p+1. The third-order valence-electron chi connectivity index (χ3n) is 11.6. The van der Waals surface area contributed by atoms with Gasteiger partial charge in [0.15, 0.2) is 0 Å². The number of nitrogens with zero attached hydrogens (tertiary/aromatic N) is 2. The summed E-state index contributed by atoms with van der Waals surface area (Å²) < 4.78 is 2.01. The molecular weight excluding hydrogens is 713 g/mol. The van der Waals surface area contributed by atoms with Crippen LogP contribution in [0.25, 0.3) is 0 Å². The molecule has 0 radical (unpaired) electrons. The van der Waals surface area contributed by atoms with Gasteiger partial charge < -0.3 is 9.80 Å². The van der Waals surface area contributed by atoms with Crippen molar-refractivity contribution in [1.82, 2.24) is 0 Å². The average molecular weight is 778 g/mol. The molecule has 0 unspecified atom stereocenters. The van der Waals surface area contributed by atoms with Crippen LogP contribution in [0.1, 0.15) is 135 Å². The molecule has 0 spiro atoms. The second-order valence-corrected chi connectivity index (χ2v) is 19.7. The topological polar surface area (TPSA) is 6.48 Å². The first-order valence-corrected chi connectivity index (χ1v) is 22.6. The Kier molecular flexibility index (Phi) is 15.4. The van der Waals surface area contributed by atoms with Crippen LogP contribution in [0, 0.1) is 48.2 Å². The van der Waals surface area contributed by atoms with Gasteiger partial charge in [-0.15, -0.1) is 6.67 Å². The van der Waals surface area contributed by atoms with Crippen molar-refractivity contribution >= 4 is 23.9 Å². The van der Waals surface area contributed by atoms with Gasteiger partial charge in [-0.3, -0.25) is 0 Å². The van der Waals surface area contributed by atoms with E-state index in [0.717, 1.165) is 0 Å². The van der Waals surface area contributed by atoms with E-state index in [1.54, 1.807) is 96.3 Å². The van der Waals surface area contributed by atoms with Crippen LogP contribution in [-0.2, 0) is 17.9 Å². The molecule has 0 amide bonds. The summed E-state index contributed by atoms with van der Waals surface area (Å²) in [6.45, 7) is 15.2. The zero-order valence-corrected chi connectivity index (χ0v) is 34.8. The Morgan fingerprint density at radius 1 is 0.540 bits per heavy atom. The molecule has 0 N–H and O–H groups in total. The SMILES string of the molecule is C1CCC([PH+](C2CCCCC2)C2CCCCC2)CC1.Cc1cc(C)c(N2C=CN(c3c(C)cc(C)cc3C)[CH-]2)c(C)c1.[Ru+]=[CH]c1ccccc1. The van der Waals surface area contributed by atoms with Crippen LogP contribution in [-0.4, -0.2) is 21.6 Å².